The van der Waals surface area contributed by atoms with Gasteiger partial charge in [-0.15, -0.1) is 0 Å². The summed E-state index contributed by atoms with van der Waals surface area (Å²) in [5.74, 6) is 0.00784. The van der Waals surface area contributed by atoms with E-state index in [-0.39, 0.29) is 12.5 Å². The first-order chi connectivity index (χ1) is 11.7. The molecule has 0 radical (unpaired) electrons. The molecule has 5 nitrogen and oxygen atoms in total. The first-order valence-electron chi connectivity index (χ1n) is 7.75. The van der Waals surface area contributed by atoms with Crippen LogP contribution in [-0.2, 0) is 22.6 Å². The molecule has 122 valence electrons. The summed E-state index contributed by atoms with van der Waals surface area (Å²) in [6.45, 7) is 0.597. The number of hydrogen-bond donors (Lipinski definition) is 2. The molecule has 1 aliphatic rings. The minimum absolute atomic E-state index is 0.00784. The average molecular weight is 322 g/mol. The van der Waals surface area contributed by atoms with Crippen LogP contribution in [0.15, 0.2) is 54.6 Å². The van der Waals surface area contributed by atoms with Gasteiger partial charge < -0.3 is 15.4 Å². The fraction of sp³-hybridized carbons (Fsp3) is 0.158. The smallest absolute Gasteiger partial charge is 0.407 e. The molecule has 0 fully saturated rings. The van der Waals surface area contributed by atoms with Crippen molar-refractivity contribution in [1.82, 2.24) is 5.32 Å². The Labute approximate surface area is 140 Å². The van der Waals surface area contributed by atoms with E-state index in [1.54, 1.807) is 0 Å². The molecular weight excluding hydrogens is 304 g/mol. The Balaban J connectivity index is 1.47. The van der Waals surface area contributed by atoms with Crippen molar-refractivity contribution in [2.75, 3.05) is 11.9 Å². The number of ether oxygens (including phenoxy) is 1. The van der Waals surface area contributed by atoms with E-state index in [0.29, 0.717) is 13.0 Å². The third kappa shape index (κ3) is 4.01. The van der Waals surface area contributed by atoms with Crippen LogP contribution in [0.25, 0.3) is 6.08 Å². The van der Waals surface area contributed by atoms with Crippen LogP contribution in [0.5, 0.6) is 0 Å². The van der Waals surface area contributed by atoms with Gasteiger partial charge in [-0.2, -0.15) is 0 Å². The number of anilines is 1. The number of para-hydroxylation sites is 1. The summed E-state index contributed by atoms with van der Waals surface area (Å²) in [5, 5.41) is 5.52. The van der Waals surface area contributed by atoms with Gasteiger partial charge >= 0.3 is 6.09 Å². The first kappa shape index (κ1) is 15.8. The molecule has 0 saturated heterocycles. The van der Waals surface area contributed by atoms with E-state index in [1.165, 1.54) is 0 Å². The Morgan fingerprint density at radius 1 is 1.17 bits per heavy atom. The van der Waals surface area contributed by atoms with E-state index in [4.69, 9.17) is 4.74 Å². The molecule has 1 heterocycles. The summed E-state index contributed by atoms with van der Waals surface area (Å²) in [5.41, 5.74) is 3.72. The number of hydrogen-bond acceptors (Lipinski definition) is 3. The molecule has 0 spiro atoms. The van der Waals surface area contributed by atoms with Crippen molar-refractivity contribution in [3.63, 3.8) is 0 Å². The van der Waals surface area contributed by atoms with Gasteiger partial charge in [0.25, 0.3) is 0 Å². The van der Waals surface area contributed by atoms with Crippen LogP contribution in [0.4, 0.5) is 10.5 Å². The second-order valence-corrected chi connectivity index (χ2v) is 5.45. The van der Waals surface area contributed by atoms with Gasteiger partial charge in [-0.1, -0.05) is 60.7 Å². The van der Waals surface area contributed by atoms with Crippen molar-refractivity contribution >= 4 is 23.8 Å². The maximum absolute atomic E-state index is 11.6. The van der Waals surface area contributed by atoms with Crippen LogP contribution >= 0.6 is 0 Å². The number of fused-ring (bicyclic) bond motifs is 1. The Morgan fingerprint density at radius 3 is 2.83 bits per heavy atom. The predicted octanol–water partition coefficient (Wildman–Crippen LogP) is 3.12. The van der Waals surface area contributed by atoms with E-state index in [0.717, 1.165) is 22.4 Å². The van der Waals surface area contributed by atoms with Crippen molar-refractivity contribution in [3.05, 3.63) is 71.3 Å². The molecule has 2 aromatic rings. The zero-order valence-electron chi connectivity index (χ0n) is 13.1. The molecule has 3 rings (SSSR count). The minimum atomic E-state index is -0.463. The molecule has 1 aliphatic heterocycles. The Hall–Kier alpha value is -3.08. The maximum Gasteiger partial charge on any atom is 0.407 e. The summed E-state index contributed by atoms with van der Waals surface area (Å²) in [4.78, 5) is 23.1. The number of nitrogens with one attached hydrogen (secondary N) is 2. The van der Waals surface area contributed by atoms with Gasteiger partial charge in [0.05, 0.1) is 12.1 Å². The maximum atomic E-state index is 11.6. The molecule has 0 unspecified atom stereocenters. The lowest BCUT2D eigenvalue weighted by atomic mass is 10.1. The van der Waals surface area contributed by atoms with Gasteiger partial charge in [0.2, 0.25) is 5.91 Å². The summed E-state index contributed by atoms with van der Waals surface area (Å²) in [7, 11) is 0. The van der Waals surface area contributed by atoms with Crippen LogP contribution < -0.4 is 10.6 Å². The van der Waals surface area contributed by atoms with Gasteiger partial charge in [0.1, 0.15) is 6.61 Å². The second-order valence-electron chi connectivity index (χ2n) is 5.45. The van der Waals surface area contributed by atoms with Gasteiger partial charge in [-0.3, -0.25) is 4.79 Å². The zero-order valence-corrected chi connectivity index (χ0v) is 13.1. The van der Waals surface area contributed by atoms with Crippen molar-refractivity contribution in [2.45, 2.75) is 13.0 Å². The fourth-order valence-corrected chi connectivity index (χ4v) is 2.52. The van der Waals surface area contributed by atoms with E-state index in [1.807, 2.05) is 60.7 Å². The minimum Gasteiger partial charge on any atom is -0.445 e. The third-order valence-electron chi connectivity index (χ3n) is 3.67. The van der Waals surface area contributed by atoms with Gasteiger partial charge in [0.15, 0.2) is 0 Å². The van der Waals surface area contributed by atoms with Crippen molar-refractivity contribution in [2.24, 2.45) is 0 Å². The van der Waals surface area contributed by atoms with Crippen molar-refractivity contribution < 1.29 is 14.3 Å². The van der Waals surface area contributed by atoms with E-state index in [9.17, 15) is 9.59 Å². The summed E-state index contributed by atoms with van der Waals surface area (Å²) in [6, 6.07) is 15.3. The first-order valence-corrected chi connectivity index (χ1v) is 7.75. The quantitative estimate of drug-likeness (QED) is 0.889. The molecule has 2 aromatic carbocycles. The second kappa shape index (κ2) is 7.46. The number of alkyl carbamates (subject to hydrolysis) is 1. The number of benzene rings is 2. The predicted molar refractivity (Wildman–Crippen MR) is 92.4 cm³/mol. The highest BCUT2D eigenvalue weighted by Gasteiger charge is 2.18. The molecule has 24 heavy (non-hydrogen) atoms. The largest absolute Gasteiger partial charge is 0.445 e. The van der Waals surface area contributed by atoms with Crippen LogP contribution in [0.1, 0.15) is 16.7 Å². The standard InChI is InChI=1S/C19H18N2O3/c22-17-12-16-9-4-8-15(18(16)21-17)10-5-11-20-19(23)24-13-14-6-2-1-3-7-14/h1-10H,11-13H2,(H,20,23)(H,21,22). The van der Waals surface area contributed by atoms with Crippen LogP contribution in [0, 0.1) is 0 Å². The van der Waals surface area contributed by atoms with Crippen LogP contribution in [0.3, 0.4) is 0 Å². The molecule has 0 saturated carbocycles. The highest BCUT2D eigenvalue weighted by molar-refractivity contribution is 6.01. The number of amides is 2. The summed E-state index contributed by atoms with van der Waals surface area (Å²) >= 11 is 0. The highest BCUT2D eigenvalue weighted by atomic mass is 16.5. The number of rotatable bonds is 5. The van der Waals surface area contributed by atoms with Crippen LogP contribution in [0.2, 0.25) is 0 Å². The lowest BCUT2D eigenvalue weighted by Gasteiger charge is -2.06. The zero-order chi connectivity index (χ0) is 16.8. The van der Waals surface area contributed by atoms with E-state index in [2.05, 4.69) is 10.6 Å². The highest BCUT2D eigenvalue weighted by Crippen LogP contribution is 2.27. The Kier molecular flexibility index (Phi) is 4.91. The van der Waals surface area contributed by atoms with Crippen molar-refractivity contribution in [3.8, 4) is 0 Å². The molecule has 5 heteroatoms. The number of carbonyl (C=O) groups excluding carboxylic acids is 2. The Morgan fingerprint density at radius 2 is 2.00 bits per heavy atom. The van der Waals surface area contributed by atoms with Gasteiger partial charge in [-0.25, -0.2) is 4.79 Å². The molecule has 0 bridgehead atoms. The van der Waals surface area contributed by atoms with Crippen molar-refractivity contribution in [1.29, 1.82) is 0 Å². The lowest BCUT2D eigenvalue weighted by Crippen LogP contribution is -2.24. The Bertz CT molecular complexity index is 769. The van der Waals surface area contributed by atoms with Crippen LogP contribution in [-0.4, -0.2) is 18.5 Å². The summed E-state index contributed by atoms with van der Waals surface area (Å²) < 4.78 is 5.13. The normalized spacial score (nSPS) is 12.8. The topological polar surface area (TPSA) is 67.4 Å². The third-order valence-corrected chi connectivity index (χ3v) is 3.67. The SMILES string of the molecule is O=C1Cc2cccc(C=CCNC(=O)OCc3ccccc3)c2N1. The fourth-order valence-electron chi connectivity index (χ4n) is 2.52. The number of carbonyl (C=O) groups is 2. The molecular formula is C19H18N2O3. The van der Waals surface area contributed by atoms with Gasteiger partial charge in [0, 0.05) is 6.54 Å². The molecule has 0 aromatic heterocycles. The molecule has 0 atom stereocenters. The van der Waals surface area contributed by atoms with E-state index >= 15 is 0 Å². The lowest BCUT2D eigenvalue weighted by molar-refractivity contribution is -0.115. The molecule has 2 N–H and O–H groups in total. The molecule has 2 amide bonds. The molecule has 0 aliphatic carbocycles. The monoisotopic (exact) mass is 322 g/mol. The summed E-state index contributed by atoms with van der Waals surface area (Å²) in [6.07, 6.45) is 3.66. The van der Waals surface area contributed by atoms with E-state index < -0.39 is 6.09 Å². The van der Waals surface area contributed by atoms with Gasteiger partial charge in [-0.05, 0) is 16.7 Å². The average Bonchev–Trinajstić information content (AvgIpc) is 2.99.